The van der Waals surface area contributed by atoms with E-state index in [0.29, 0.717) is 5.70 Å². The van der Waals surface area contributed by atoms with Crippen molar-refractivity contribution in [3.8, 4) is 0 Å². The molecule has 1 amide bonds. The van der Waals surface area contributed by atoms with Gasteiger partial charge in [-0.25, -0.2) is 4.79 Å². The lowest BCUT2D eigenvalue weighted by atomic mass is 10.1. The number of rotatable bonds is 9. The molecule has 0 aromatic heterocycles. The molecule has 0 bridgehead atoms. The Hall–Kier alpha value is -2.83. The van der Waals surface area contributed by atoms with Gasteiger partial charge in [0.15, 0.2) is 6.04 Å². The van der Waals surface area contributed by atoms with Crippen LogP contribution in [0, 0.1) is 0 Å². The van der Waals surface area contributed by atoms with Crippen molar-refractivity contribution in [2.24, 2.45) is 0 Å². The SMILES string of the molecule is CCOC(=O)CNC(=O)/C=C(/C)N[C@@H](C(=O)OCC)c1ccccc1. The zero-order chi connectivity index (χ0) is 18.7. The first-order valence-corrected chi connectivity index (χ1v) is 8.07. The van der Waals surface area contributed by atoms with Crippen LogP contribution in [0.5, 0.6) is 0 Å². The van der Waals surface area contributed by atoms with Crippen molar-refractivity contribution < 1.29 is 23.9 Å². The Morgan fingerprint density at radius 1 is 1.08 bits per heavy atom. The van der Waals surface area contributed by atoms with E-state index in [1.807, 2.05) is 18.2 Å². The molecule has 0 spiro atoms. The zero-order valence-corrected chi connectivity index (χ0v) is 14.7. The molecule has 1 rings (SSSR count). The van der Waals surface area contributed by atoms with E-state index in [0.717, 1.165) is 5.56 Å². The van der Waals surface area contributed by atoms with Gasteiger partial charge in [-0.05, 0) is 26.3 Å². The second-order valence-corrected chi connectivity index (χ2v) is 5.09. The van der Waals surface area contributed by atoms with Gasteiger partial charge in [0.1, 0.15) is 6.54 Å². The van der Waals surface area contributed by atoms with Crippen LogP contribution in [0.4, 0.5) is 0 Å². The Kier molecular flexibility index (Phi) is 8.78. The fourth-order valence-corrected chi connectivity index (χ4v) is 2.04. The van der Waals surface area contributed by atoms with Crippen LogP contribution in [0.25, 0.3) is 0 Å². The van der Waals surface area contributed by atoms with Crippen LogP contribution in [-0.2, 0) is 23.9 Å². The summed E-state index contributed by atoms with van der Waals surface area (Å²) in [5.41, 5.74) is 1.18. The van der Waals surface area contributed by atoms with Gasteiger partial charge in [-0.3, -0.25) is 9.59 Å². The van der Waals surface area contributed by atoms with Crippen LogP contribution in [0.15, 0.2) is 42.1 Å². The van der Waals surface area contributed by atoms with Crippen LogP contribution in [0.3, 0.4) is 0 Å². The molecule has 1 aromatic rings. The maximum Gasteiger partial charge on any atom is 0.333 e. The van der Waals surface area contributed by atoms with Crippen molar-refractivity contribution in [1.29, 1.82) is 0 Å². The Labute approximate surface area is 147 Å². The third-order valence-electron chi connectivity index (χ3n) is 3.09. The van der Waals surface area contributed by atoms with E-state index in [9.17, 15) is 14.4 Å². The van der Waals surface area contributed by atoms with Gasteiger partial charge in [0.2, 0.25) is 5.91 Å². The van der Waals surface area contributed by atoms with E-state index < -0.39 is 23.9 Å². The van der Waals surface area contributed by atoms with E-state index in [1.54, 1.807) is 32.9 Å². The van der Waals surface area contributed by atoms with Gasteiger partial charge in [-0.15, -0.1) is 0 Å². The van der Waals surface area contributed by atoms with Crippen molar-refractivity contribution in [3.05, 3.63) is 47.7 Å². The van der Waals surface area contributed by atoms with E-state index >= 15 is 0 Å². The number of benzene rings is 1. The van der Waals surface area contributed by atoms with E-state index in [2.05, 4.69) is 10.6 Å². The molecule has 0 fully saturated rings. The number of hydrogen-bond donors (Lipinski definition) is 2. The highest BCUT2D eigenvalue weighted by molar-refractivity contribution is 5.90. The molecule has 0 aliphatic carbocycles. The predicted octanol–water partition coefficient (Wildman–Crippen LogP) is 1.46. The Balaban J connectivity index is 2.73. The first kappa shape index (κ1) is 20.2. The summed E-state index contributed by atoms with van der Waals surface area (Å²) in [5.74, 6) is -1.41. The molecule has 7 heteroatoms. The summed E-state index contributed by atoms with van der Waals surface area (Å²) in [4.78, 5) is 35.2. The van der Waals surface area contributed by atoms with Gasteiger partial charge < -0.3 is 20.1 Å². The Morgan fingerprint density at radius 3 is 2.32 bits per heavy atom. The van der Waals surface area contributed by atoms with Crippen LogP contribution < -0.4 is 10.6 Å². The van der Waals surface area contributed by atoms with Gasteiger partial charge >= 0.3 is 11.9 Å². The van der Waals surface area contributed by atoms with Crippen molar-refractivity contribution in [3.63, 3.8) is 0 Å². The minimum atomic E-state index is -0.727. The summed E-state index contributed by atoms with van der Waals surface area (Å²) in [6.45, 7) is 5.36. The average molecular weight is 348 g/mol. The van der Waals surface area contributed by atoms with Crippen molar-refractivity contribution in [1.82, 2.24) is 10.6 Å². The molecule has 1 atom stereocenters. The molecular weight excluding hydrogens is 324 g/mol. The van der Waals surface area contributed by atoms with E-state index in [4.69, 9.17) is 9.47 Å². The highest BCUT2D eigenvalue weighted by Gasteiger charge is 2.21. The lowest BCUT2D eigenvalue weighted by Crippen LogP contribution is -2.32. The molecule has 25 heavy (non-hydrogen) atoms. The summed E-state index contributed by atoms with van der Waals surface area (Å²) in [7, 11) is 0. The average Bonchev–Trinajstić information content (AvgIpc) is 2.59. The van der Waals surface area contributed by atoms with Crippen LogP contribution in [0.1, 0.15) is 32.4 Å². The van der Waals surface area contributed by atoms with Crippen LogP contribution in [0.2, 0.25) is 0 Å². The lowest BCUT2D eigenvalue weighted by molar-refractivity contribution is -0.145. The zero-order valence-electron chi connectivity index (χ0n) is 14.7. The van der Waals surface area contributed by atoms with E-state index in [-0.39, 0.29) is 19.8 Å². The summed E-state index contributed by atoms with van der Waals surface area (Å²) >= 11 is 0. The van der Waals surface area contributed by atoms with Gasteiger partial charge in [0, 0.05) is 11.8 Å². The highest BCUT2D eigenvalue weighted by Crippen LogP contribution is 2.16. The number of esters is 2. The third kappa shape index (κ3) is 7.52. The quantitative estimate of drug-likeness (QED) is 0.518. The number of amides is 1. The fourth-order valence-electron chi connectivity index (χ4n) is 2.04. The smallest absolute Gasteiger partial charge is 0.333 e. The molecule has 0 radical (unpaired) electrons. The topological polar surface area (TPSA) is 93.7 Å². The molecule has 0 saturated heterocycles. The maximum absolute atomic E-state index is 12.2. The minimum absolute atomic E-state index is 0.212. The van der Waals surface area contributed by atoms with Crippen LogP contribution >= 0.6 is 0 Å². The van der Waals surface area contributed by atoms with Crippen molar-refractivity contribution >= 4 is 17.8 Å². The summed E-state index contributed by atoms with van der Waals surface area (Å²) < 4.78 is 9.81. The molecule has 0 aliphatic rings. The molecule has 0 saturated carbocycles. The molecule has 7 nitrogen and oxygen atoms in total. The molecule has 0 heterocycles. The number of ether oxygens (including phenoxy) is 2. The van der Waals surface area contributed by atoms with Gasteiger partial charge in [0.05, 0.1) is 13.2 Å². The third-order valence-corrected chi connectivity index (χ3v) is 3.09. The molecule has 2 N–H and O–H groups in total. The molecule has 0 unspecified atom stereocenters. The summed E-state index contributed by atoms with van der Waals surface area (Å²) in [6.07, 6.45) is 1.27. The Morgan fingerprint density at radius 2 is 1.72 bits per heavy atom. The van der Waals surface area contributed by atoms with Gasteiger partial charge in [-0.2, -0.15) is 0 Å². The summed E-state index contributed by atoms with van der Waals surface area (Å²) in [6, 6.07) is 8.33. The number of carbonyl (C=O) groups is 3. The molecular formula is C18H24N2O5. The number of carbonyl (C=O) groups excluding carboxylic acids is 3. The van der Waals surface area contributed by atoms with Gasteiger partial charge in [0.25, 0.3) is 0 Å². The van der Waals surface area contributed by atoms with Crippen LogP contribution in [-0.4, -0.2) is 37.6 Å². The number of nitrogens with one attached hydrogen (secondary N) is 2. The maximum atomic E-state index is 12.2. The second kappa shape index (κ2) is 10.9. The van der Waals surface area contributed by atoms with Crippen molar-refractivity contribution in [2.75, 3.05) is 19.8 Å². The highest BCUT2D eigenvalue weighted by atomic mass is 16.5. The molecule has 136 valence electrons. The first-order chi connectivity index (χ1) is 12.0. The first-order valence-electron chi connectivity index (χ1n) is 8.07. The number of hydrogen-bond acceptors (Lipinski definition) is 6. The minimum Gasteiger partial charge on any atom is -0.465 e. The monoisotopic (exact) mass is 348 g/mol. The molecule has 0 aliphatic heterocycles. The Bertz CT molecular complexity index is 613. The second-order valence-electron chi connectivity index (χ2n) is 5.09. The largest absolute Gasteiger partial charge is 0.465 e. The normalized spacial score (nSPS) is 12.0. The predicted molar refractivity (Wildman–Crippen MR) is 92.4 cm³/mol. The summed E-state index contributed by atoms with van der Waals surface area (Å²) in [5, 5.41) is 5.39. The van der Waals surface area contributed by atoms with Crippen molar-refractivity contribution in [2.45, 2.75) is 26.8 Å². The van der Waals surface area contributed by atoms with Gasteiger partial charge in [-0.1, -0.05) is 30.3 Å². The lowest BCUT2D eigenvalue weighted by Gasteiger charge is -2.19. The molecule has 1 aromatic carbocycles. The fraction of sp³-hybridized carbons (Fsp3) is 0.389. The van der Waals surface area contributed by atoms with E-state index in [1.165, 1.54) is 6.08 Å². The standard InChI is InChI=1S/C18H24N2O5/c1-4-24-16(22)12-19-15(21)11-13(3)20-17(18(23)25-5-2)14-9-7-6-8-10-14/h6-11,17,20H,4-5,12H2,1-3H3,(H,19,21)/b13-11-/t17-/m1/s1. The number of allylic oxidation sites excluding steroid dienone is 1.